The van der Waals surface area contributed by atoms with Gasteiger partial charge >= 0.3 is 6.09 Å². The largest absolute Gasteiger partial charge is 0.447 e. The molecule has 9 heteroatoms. The van der Waals surface area contributed by atoms with E-state index in [0.717, 1.165) is 5.39 Å². The van der Waals surface area contributed by atoms with Crippen LogP contribution >= 0.6 is 11.6 Å². The molecule has 8 nitrogen and oxygen atoms in total. The molecule has 0 spiro atoms. The highest BCUT2D eigenvalue weighted by Crippen LogP contribution is 2.23. The molecule has 1 aliphatic rings. The van der Waals surface area contributed by atoms with E-state index in [1.807, 2.05) is 19.1 Å². The lowest BCUT2D eigenvalue weighted by Gasteiger charge is -2.16. The second-order valence-corrected chi connectivity index (χ2v) is 6.54. The molecule has 0 aliphatic carbocycles. The van der Waals surface area contributed by atoms with Gasteiger partial charge in [0.25, 0.3) is 5.56 Å². The van der Waals surface area contributed by atoms with E-state index in [4.69, 9.17) is 16.3 Å². The summed E-state index contributed by atoms with van der Waals surface area (Å²) in [6.07, 6.45) is 1.11. The fourth-order valence-corrected chi connectivity index (χ4v) is 3.20. The molecule has 3 heterocycles. The number of nitrogens with zero attached hydrogens (tertiary/aromatic N) is 3. The molecule has 1 amide bonds. The highest BCUT2D eigenvalue weighted by Gasteiger charge is 2.25. The normalized spacial score (nSPS) is 15.0. The Morgan fingerprint density at radius 1 is 1.33 bits per heavy atom. The Morgan fingerprint density at radius 3 is 2.96 bits per heavy atom. The van der Waals surface area contributed by atoms with Gasteiger partial charge in [-0.15, -0.1) is 0 Å². The van der Waals surface area contributed by atoms with Crippen LogP contribution in [0.4, 0.5) is 16.6 Å². The van der Waals surface area contributed by atoms with Gasteiger partial charge in [-0.25, -0.2) is 9.78 Å². The van der Waals surface area contributed by atoms with Crippen molar-refractivity contribution in [1.82, 2.24) is 15.0 Å². The number of carbonyl (C=O) groups is 1. The van der Waals surface area contributed by atoms with E-state index in [2.05, 4.69) is 20.3 Å². The van der Waals surface area contributed by atoms with Crippen molar-refractivity contribution in [2.24, 2.45) is 0 Å². The number of benzene rings is 1. The number of nitrogens with one attached hydrogen (secondary N) is 2. The number of aromatic nitrogens is 3. The van der Waals surface area contributed by atoms with Crippen molar-refractivity contribution in [3.05, 3.63) is 57.5 Å². The van der Waals surface area contributed by atoms with E-state index in [0.29, 0.717) is 41.0 Å². The van der Waals surface area contributed by atoms with Crippen molar-refractivity contribution in [2.75, 3.05) is 23.4 Å². The molecule has 0 bridgehead atoms. The topological polar surface area (TPSA) is 100 Å². The number of ether oxygens (including phenoxy) is 1. The lowest BCUT2D eigenvalue weighted by atomic mass is 10.1. The Labute approximate surface area is 159 Å². The van der Waals surface area contributed by atoms with Gasteiger partial charge < -0.3 is 15.0 Å². The maximum absolute atomic E-state index is 12.5. The summed E-state index contributed by atoms with van der Waals surface area (Å²) in [6, 6.07) is 8.49. The molecular weight excluding hydrogens is 370 g/mol. The van der Waals surface area contributed by atoms with Gasteiger partial charge in [-0.1, -0.05) is 23.7 Å². The summed E-state index contributed by atoms with van der Waals surface area (Å²) in [5, 5.41) is 4.43. The van der Waals surface area contributed by atoms with Gasteiger partial charge in [-0.3, -0.25) is 9.69 Å². The molecule has 1 aromatic carbocycles. The molecule has 138 valence electrons. The van der Waals surface area contributed by atoms with Crippen LogP contribution in [0.5, 0.6) is 0 Å². The number of pyridine rings is 1. The summed E-state index contributed by atoms with van der Waals surface area (Å²) < 4.78 is 4.93. The number of anilines is 2. The van der Waals surface area contributed by atoms with Crippen LogP contribution < -0.4 is 15.8 Å². The maximum Gasteiger partial charge on any atom is 0.415 e. The number of fused-ring (bicyclic) bond motifs is 1. The highest BCUT2D eigenvalue weighted by molar-refractivity contribution is 6.35. The summed E-state index contributed by atoms with van der Waals surface area (Å²) in [6.45, 7) is 2.61. The number of hydrogen-bond donors (Lipinski definition) is 2. The monoisotopic (exact) mass is 385 g/mol. The molecule has 1 atom stereocenters. The number of aromatic amines is 1. The third kappa shape index (κ3) is 3.31. The molecule has 1 saturated heterocycles. The zero-order valence-electron chi connectivity index (χ0n) is 14.4. The van der Waals surface area contributed by atoms with Crippen molar-refractivity contribution >= 4 is 40.4 Å². The summed E-state index contributed by atoms with van der Waals surface area (Å²) >= 11 is 6.13. The summed E-state index contributed by atoms with van der Waals surface area (Å²) in [5.41, 5.74) is 0.889. The van der Waals surface area contributed by atoms with E-state index >= 15 is 0 Å². The molecule has 1 aliphatic heterocycles. The molecule has 2 N–H and O–H groups in total. The SMILES string of the molecule is C[C@H](Nc1nccc(N2CCOC2=O)n1)c1cc2cccc(Cl)c2[nH]c1=O. The van der Waals surface area contributed by atoms with Crippen molar-refractivity contribution in [2.45, 2.75) is 13.0 Å². The second kappa shape index (κ2) is 6.88. The predicted octanol–water partition coefficient (Wildman–Crippen LogP) is 3.10. The van der Waals surface area contributed by atoms with E-state index in [-0.39, 0.29) is 11.6 Å². The number of carbonyl (C=O) groups excluding carboxylic acids is 1. The number of amides is 1. The molecule has 2 aromatic heterocycles. The highest BCUT2D eigenvalue weighted by atomic mass is 35.5. The zero-order chi connectivity index (χ0) is 19.0. The van der Waals surface area contributed by atoms with Gasteiger partial charge in [-0.05, 0) is 25.1 Å². The first kappa shape index (κ1) is 17.3. The quantitative estimate of drug-likeness (QED) is 0.715. The third-order valence-corrected chi connectivity index (χ3v) is 4.66. The van der Waals surface area contributed by atoms with E-state index < -0.39 is 6.09 Å². The minimum absolute atomic E-state index is 0.241. The summed E-state index contributed by atoms with van der Waals surface area (Å²) in [5.74, 6) is 0.756. The lowest BCUT2D eigenvalue weighted by molar-refractivity contribution is 0.181. The minimum atomic E-state index is -0.435. The van der Waals surface area contributed by atoms with Gasteiger partial charge in [0.05, 0.1) is 23.1 Å². The van der Waals surface area contributed by atoms with Gasteiger partial charge in [0, 0.05) is 17.1 Å². The van der Waals surface area contributed by atoms with Gasteiger partial charge in [0.1, 0.15) is 12.4 Å². The fourth-order valence-electron chi connectivity index (χ4n) is 2.98. The van der Waals surface area contributed by atoms with Crippen LogP contribution in [-0.4, -0.2) is 34.2 Å². The summed E-state index contributed by atoms with van der Waals surface area (Å²) in [7, 11) is 0. The Hall–Kier alpha value is -3.13. The third-order valence-electron chi connectivity index (χ3n) is 4.35. The van der Waals surface area contributed by atoms with Crippen LogP contribution in [0.15, 0.2) is 41.3 Å². The van der Waals surface area contributed by atoms with Crippen molar-refractivity contribution in [3.63, 3.8) is 0 Å². The molecular formula is C18H16ClN5O3. The molecule has 3 aromatic rings. The number of hydrogen-bond acceptors (Lipinski definition) is 6. The second-order valence-electron chi connectivity index (χ2n) is 6.13. The molecule has 1 fully saturated rings. The average Bonchev–Trinajstić information content (AvgIpc) is 3.08. The Balaban J connectivity index is 1.62. The first-order valence-electron chi connectivity index (χ1n) is 8.38. The average molecular weight is 386 g/mol. The van der Waals surface area contributed by atoms with E-state index in [9.17, 15) is 9.59 Å². The Bertz CT molecular complexity index is 1080. The molecule has 0 unspecified atom stereocenters. The number of H-pyrrole nitrogens is 1. The van der Waals surface area contributed by atoms with E-state index in [1.54, 1.807) is 24.4 Å². The lowest BCUT2D eigenvalue weighted by Crippen LogP contribution is -2.25. The number of para-hydroxylation sites is 1. The fraction of sp³-hybridized carbons (Fsp3) is 0.222. The molecule has 0 saturated carbocycles. The van der Waals surface area contributed by atoms with Crippen LogP contribution in [0.1, 0.15) is 18.5 Å². The van der Waals surface area contributed by atoms with Crippen LogP contribution in [0.25, 0.3) is 10.9 Å². The van der Waals surface area contributed by atoms with Gasteiger partial charge in [0.15, 0.2) is 0 Å². The number of cyclic esters (lactones) is 1. The standard InChI is InChI=1S/C18H16ClN5O3/c1-10(12-9-11-3-2-4-13(19)15(11)23-16(12)25)21-17-20-6-5-14(22-17)24-7-8-27-18(24)26/h2-6,9-10H,7-8H2,1H3,(H,23,25)(H,20,21,22)/t10-/m0/s1. The molecule has 27 heavy (non-hydrogen) atoms. The van der Waals surface area contributed by atoms with Crippen molar-refractivity contribution < 1.29 is 9.53 Å². The number of halogens is 1. The minimum Gasteiger partial charge on any atom is -0.447 e. The first-order chi connectivity index (χ1) is 13.0. The van der Waals surface area contributed by atoms with Crippen LogP contribution in [0.3, 0.4) is 0 Å². The predicted molar refractivity (Wildman–Crippen MR) is 102 cm³/mol. The Morgan fingerprint density at radius 2 is 2.19 bits per heavy atom. The van der Waals surface area contributed by atoms with Crippen molar-refractivity contribution in [3.8, 4) is 0 Å². The van der Waals surface area contributed by atoms with Crippen LogP contribution in [0, 0.1) is 0 Å². The van der Waals surface area contributed by atoms with Crippen molar-refractivity contribution in [1.29, 1.82) is 0 Å². The first-order valence-corrected chi connectivity index (χ1v) is 8.76. The summed E-state index contributed by atoms with van der Waals surface area (Å²) in [4.78, 5) is 36.9. The Kier molecular flexibility index (Phi) is 4.41. The van der Waals surface area contributed by atoms with Crippen LogP contribution in [0.2, 0.25) is 5.02 Å². The smallest absolute Gasteiger partial charge is 0.415 e. The van der Waals surface area contributed by atoms with Gasteiger partial charge in [-0.2, -0.15) is 4.98 Å². The molecule has 4 rings (SSSR count). The van der Waals surface area contributed by atoms with Gasteiger partial charge in [0.2, 0.25) is 5.95 Å². The zero-order valence-corrected chi connectivity index (χ0v) is 15.2. The number of rotatable bonds is 4. The molecule has 0 radical (unpaired) electrons. The van der Waals surface area contributed by atoms with Crippen LogP contribution in [-0.2, 0) is 4.74 Å². The van der Waals surface area contributed by atoms with E-state index in [1.165, 1.54) is 4.90 Å². The maximum atomic E-state index is 12.5.